The topological polar surface area (TPSA) is 41.1 Å². The molecule has 0 saturated carbocycles. The third-order valence-corrected chi connectivity index (χ3v) is 3.66. The van der Waals surface area contributed by atoms with Gasteiger partial charge in [0.05, 0.1) is 0 Å². The fourth-order valence-electron chi connectivity index (χ4n) is 1.75. The van der Waals surface area contributed by atoms with Gasteiger partial charge in [0.1, 0.15) is 0 Å². The van der Waals surface area contributed by atoms with Gasteiger partial charge in [0, 0.05) is 29.5 Å². The van der Waals surface area contributed by atoms with Crippen LogP contribution in [-0.2, 0) is 4.79 Å². The molecule has 2 N–H and O–H groups in total. The van der Waals surface area contributed by atoms with Crippen molar-refractivity contribution in [1.82, 2.24) is 10.6 Å². The minimum Gasteiger partial charge on any atom is -0.354 e. The van der Waals surface area contributed by atoms with Crippen LogP contribution in [0.15, 0.2) is 28.7 Å². The number of amides is 1. The van der Waals surface area contributed by atoms with Crippen molar-refractivity contribution in [3.8, 4) is 0 Å². The minimum absolute atomic E-state index is 0.114. The molecule has 0 spiro atoms. The van der Waals surface area contributed by atoms with E-state index < -0.39 is 0 Å². The molecule has 1 rings (SSSR count). The van der Waals surface area contributed by atoms with E-state index >= 15 is 0 Å². The fraction of sp³-hybridized carbons (Fsp3) is 0.533. The van der Waals surface area contributed by atoms with Crippen LogP contribution in [0.3, 0.4) is 0 Å². The Bertz CT molecular complexity index is 409. The largest absolute Gasteiger partial charge is 0.354 e. The number of hydrogen-bond acceptors (Lipinski definition) is 2. The zero-order valence-corrected chi connectivity index (χ0v) is 13.5. The second-order valence-corrected chi connectivity index (χ2v) is 5.77. The normalized spacial score (nSPS) is 13.9. The van der Waals surface area contributed by atoms with Crippen LogP contribution in [0.25, 0.3) is 0 Å². The van der Waals surface area contributed by atoms with E-state index in [2.05, 4.69) is 52.5 Å². The summed E-state index contributed by atoms with van der Waals surface area (Å²) in [6, 6.07) is 8.71. The van der Waals surface area contributed by atoms with Gasteiger partial charge in [-0.1, -0.05) is 35.0 Å². The van der Waals surface area contributed by atoms with E-state index in [9.17, 15) is 4.79 Å². The molecule has 106 valence electrons. The van der Waals surface area contributed by atoms with Crippen molar-refractivity contribution in [3.05, 3.63) is 34.3 Å². The van der Waals surface area contributed by atoms with Gasteiger partial charge in [-0.05, 0) is 38.0 Å². The van der Waals surface area contributed by atoms with Gasteiger partial charge in [-0.25, -0.2) is 0 Å². The van der Waals surface area contributed by atoms with E-state index in [1.54, 1.807) is 0 Å². The summed E-state index contributed by atoms with van der Waals surface area (Å²) < 4.78 is 1.08. The summed E-state index contributed by atoms with van der Waals surface area (Å²) in [6.45, 7) is 6.89. The van der Waals surface area contributed by atoms with Crippen LogP contribution in [0.2, 0.25) is 0 Å². The van der Waals surface area contributed by atoms with Gasteiger partial charge < -0.3 is 10.6 Å². The Labute approximate surface area is 124 Å². The van der Waals surface area contributed by atoms with Crippen molar-refractivity contribution < 1.29 is 4.79 Å². The summed E-state index contributed by atoms with van der Waals surface area (Å²) in [6.07, 6.45) is 1.48. The molecule has 2 atom stereocenters. The maximum absolute atomic E-state index is 11.6. The number of halogens is 1. The second-order valence-electron chi connectivity index (χ2n) is 4.86. The number of carbonyl (C=O) groups is 1. The molecule has 0 fully saturated rings. The third-order valence-electron chi connectivity index (χ3n) is 3.17. The number of rotatable bonds is 7. The van der Waals surface area contributed by atoms with Crippen LogP contribution in [0, 0.1) is 0 Å². The van der Waals surface area contributed by atoms with E-state index in [-0.39, 0.29) is 18.0 Å². The van der Waals surface area contributed by atoms with Crippen molar-refractivity contribution in [3.63, 3.8) is 0 Å². The zero-order valence-electron chi connectivity index (χ0n) is 11.9. The van der Waals surface area contributed by atoms with Gasteiger partial charge in [0.15, 0.2) is 0 Å². The molecule has 0 aliphatic rings. The monoisotopic (exact) mass is 326 g/mol. The fourth-order valence-corrected chi connectivity index (χ4v) is 2.16. The van der Waals surface area contributed by atoms with Crippen molar-refractivity contribution in [1.29, 1.82) is 0 Å². The van der Waals surface area contributed by atoms with E-state index in [1.807, 2.05) is 19.1 Å². The van der Waals surface area contributed by atoms with Crippen LogP contribution < -0.4 is 10.6 Å². The van der Waals surface area contributed by atoms with Gasteiger partial charge in [-0.15, -0.1) is 0 Å². The lowest BCUT2D eigenvalue weighted by Crippen LogP contribution is -2.34. The highest BCUT2D eigenvalue weighted by atomic mass is 79.9. The Kier molecular flexibility index (Phi) is 7.10. The Hall–Kier alpha value is -0.870. The standard InChI is InChI=1S/C15H23BrN2O/c1-4-11(2)18-15(19)8-9-17-12(3)13-6-5-7-14(16)10-13/h5-7,10-12,17H,4,8-9H2,1-3H3,(H,18,19). The molecule has 0 aromatic heterocycles. The van der Waals surface area contributed by atoms with Crippen molar-refractivity contribution in [2.45, 2.75) is 45.7 Å². The summed E-state index contributed by atoms with van der Waals surface area (Å²) in [7, 11) is 0. The number of nitrogens with one attached hydrogen (secondary N) is 2. The molecule has 19 heavy (non-hydrogen) atoms. The first-order valence-electron chi connectivity index (χ1n) is 6.81. The predicted molar refractivity (Wildman–Crippen MR) is 83.1 cm³/mol. The van der Waals surface area contributed by atoms with Crippen LogP contribution in [0.5, 0.6) is 0 Å². The van der Waals surface area contributed by atoms with Crippen molar-refractivity contribution >= 4 is 21.8 Å². The smallest absolute Gasteiger partial charge is 0.221 e. The summed E-state index contributed by atoms with van der Waals surface area (Å²) in [4.78, 5) is 11.6. The zero-order chi connectivity index (χ0) is 14.3. The van der Waals surface area contributed by atoms with Gasteiger partial charge in [0.2, 0.25) is 5.91 Å². The molecule has 3 nitrogen and oxygen atoms in total. The predicted octanol–water partition coefficient (Wildman–Crippen LogP) is 3.40. The van der Waals surface area contributed by atoms with Gasteiger partial charge >= 0.3 is 0 Å². The van der Waals surface area contributed by atoms with E-state index in [1.165, 1.54) is 5.56 Å². The van der Waals surface area contributed by atoms with Crippen molar-refractivity contribution in [2.24, 2.45) is 0 Å². The first-order chi connectivity index (χ1) is 9.02. The molecule has 0 bridgehead atoms. The Morgan fingerprint density at radius 2 is 2.11 bits per heavy atom. The average molecular weight is 327 g/mol. The molecule has 0 saturated heterocycles. The molecule has 1 amide bonds. The molecular formula is C15H23BrN2O. The molecule has 0 aliphatic heterocycles. The Balaban J connectivity index is 2.31. The first kappa shape index (κ1) is 16.2. The highest BCUT2D eigenvalue weighted by Gasteiger charge is 2.08. The second kappa shape index (κ2) is 8.33. The maximum Gasteiger partial charge on any atom is 0.221 e. The summed E-state index contributed by atoms with van der Waals surface area (Å²) in [5, 5.41) is 6.33. The Morgan fingerprint density at radius 3 is 2.74 bits per heavy atom. The first-order valence-corrected chi connectivity index (χ1v) is 7.60. The van der Waals surface area contributed by atoms with E-state index in [4.69, 9.17) is 0 Å². The third kappa shape index (κ3) is 6.21. The van der Waals surface area contributed by atoms with Gasteiger partial charge in [-0.3, -0.25) is 4.79 Å². The average Bonchev–Trinajstić information content (AvgIpc) is 2.38. The molecule has 1 aromatic carbocycles. The van der Waals surface area contributed by atoms with Crippen LogP contribution in [0.1, 0.15) is 45.2 Å². The molecule has 2 unspecified atom stereocenters. The number of carbonyl (C=O) groups excluding carboxylic acids is 1. The summed E-state index contributed by atoms with van der Waals surface area (Å²) >= 11 is 3.46. The van der Waals surface area contributed by atoms with E-state index in [0.29, 0.717) is 13.0 Å². The maximum atomic E-state index is 11.6. The minimum atomic E-state index is 0.114. The van der Waals surface area contributed by atoms with Crippen LogP contribution in [0.4, 0.5) is 0 Å². The SMILES string of the molecule is CCC(C)NC(=O)CCNC(C)c1cccc(Br)c1. The van der Waals surface area contributed by atoms with E-state index in [0.717, 1.165) is 10.9 Å². The molecule has 4 heteroatoms. The quantitative estimate of drug-likeness (QED) is 0.806. The van der Waals surface area contributed by atoms with Crippen LogP contribution >= 0.6 is 15.9 Å². The molecular weight excluding hydrogens is 304 g/mol. The lowest BCUT2D eigenvalue weighted by atomic mass is 10.1. The lowest BCUT2D eigenvalue weighted by Gasteiger charge is -2.15. The number of hydrogen-bond donors (Lipinski definition) is 2. The molecule has 1 aromatic rings. The van der Waals surface area contributed by atoms with Crippen LogP contribution in [-0.4, -0.2) is 18.5 Å². The summed E-state index contributed by atoms with van der Waals surface area (Å²) in [5.74, 6) is 0.114. The highest BCUT2D eigenvalue weighted by Crippen LogP contribution is 2.17. The van der Waals surface area contributed by atoms with Gasteiger partial charge in [0.25, 0.3) is 0 Å². The van der Waals surface area contributed by atoms with Gasteiger partial charge in [-0.2, -0.15) is 0 Å². The Morgan fingerprint density at radius 1 is 1.37 bits per heavy atom. The lowest BCUT2D eigenvalue weighted by molar-refractivity contribution is -0.121. The molecule has 0 aliphatic carbocycles. The molecule has 0 heterocycles. The number of benzene rings is 1. The summed E-state index contributed by atoms with van der Waals surface area (Å²) in [5.41, 5.74) is 1.22. The molecule has 0 radical (unpaired) electrons. The highest BCUT2D eigenvalue weighted by molar-refractivity contribution is 9.10. The van der Waals surface area contributed by atoms with Crippen molar-refractivity contribution in [2.75, 3.05) is 6.54 Å².